The highest BCUT2D eigenvalue weighted by Gasteiger charge is 2.22. The number of benzene rings is 1. The van der Waals surface area contributed by atoms with Gasteiger partial charge in [0.15, 0.2) is 0 Å². The average Bonchev–Trinajstić information content (AvgIpc) is 2.69. The number of piperidine rings is 1. The average molecular weight is 351 g/mol. The molecule has 1 fully saturated rings. The molecule has 1 amide bonds. The van der Waals surface area contributed by atoms with Crippen molar-refractivity contribution < 1.29 is 4.79 Å². The number of aromatic nitrogens is 1. The Morgan fingerprint density at radius 2 is 1.88 bits per heavy atom. The molecule has 138 valence electrons. The zero-order valence-electron chi connectivity index (χ0n) is 15.6. The smallest absolute Gasteiger partial charge is 0.220 e. The van der Waals surface area contributed by atoms with Crippen LogP contribution in [0.3, 0.4) is 0 Å². The summed E-state index contributed by atoms with van der Waals surface area (Å²) in [5, 5.41) is 3.09. The van der Waals surface area contributed by atoms with Gasteiger partial charge in [0.1, 0.15) is 0 Å². The van der Waals surface area contributed by atoms with Gasteiger partial charge >= 0.3 is 0 Å². The largest absolute Gasteiger partial charge is 0.348 e. The van der Waals surface area contributed by atoms with E-state index in [2.05, 4.69) is 45.5 Å². The molecular formula is C22H29N3O. The molecule has 1 aromatic carbocycles. The van der Waals surface area contributed by atoms with Crippen LogP contribution in [-0.4, -0.2) is 35.4 Å². The van der Waals surface area contributed by atoms with Gasteiger partial charge in [-0.05, 0) is 62.9 Å². The molecule has 0 aliphatic carbocycles. The molecule has 0 unspecified atom stereocenters. The number of carbonyl (C=O) groups is 1. The van der Waals surface area contributed by atoms with E-state index < -0.39 is 0 Å². The molecule has 0 spiro atoms. The van der Waals surface area contributed by atoms with Crippen molar-refractivity contribution in [1.29, 1.82) is 0 Å². The normalized spacial score (nSPS) is 17.0. The minimum Gasteiger partial charge on any atom is -0.348 e. The maximum atomic E-state index is 12.3. The molecule has 4 nitrogen and oxygen atoms in total. The predicted molar refractivity (Wildman–Crippen MR) is 105 cm³/mol. The van der Waals surface area contributed by atoms with Gasteiger partial charge in [0.05, 0.1) is 11.7 Å². The standard InChI is InChI=1S/C22H29N3O/c1-18(21-9-5-6-13-23-21)24-22(26)17-20-11-15-25(16-12-20)14-10-19-7-3-2-4-8-19/h2-9,13,18,20H,10-12,14-17H2,1H3,(H,24,26)/t18-/m1/s1. The lowest BCUT2D eigenvalue weighted by Gasteiger charge is -2.31. The summed E-state index contributed by atoms with van der Waals surface area (Å²) in [5.74, 6) is 0.643. The first kappa shape index (κ1) is 18.6. The van der Waals surface area contributed by atoms with E-state index in [-0.39, 0.29) is 11.9 Å². The van der Waals surface area contributed by atoms with Crippen molar-refractivity contribution in [2.75, 3.05) is 19.6 Å². The fraction of sp³-hybridized carbons (Fsp3) is 0.455. The molecule has 1 atom stereocenters. The summed E-state index contributed by atoms with van der Waals surface area (Å²) in [4.78, 5) is 19.2. The molecule has 1 aromatic heterocycles. The number of likely N-dealkylation sites (tertiary alicyclic amines) is 1. The maximum Gasteiger partial charge on any atom is 0.220 e. The van der Waals surface area contributed by atoms with E-state index in [1.54, 1.807) is 6.20 Å². The lowest BCUT2D eigenvalue weighted by Crippen LogP contribution is -2.37. The van der Waals surface area contributed by atoms with Crippen LogP contribution in [0.2, 0.25) is 0 Å². The van der Waals surface area contributed by atoms with E-state index in [1.807, 2.05) is 25.1 Å². The van der Waals surface area contributed by atoms with E-state index in [0.29, 0.717) is 12.3 Å². The molecule has 1 N–H and O–H groups in total. The lowest BCUT2D eigenvalue weighted by molar-refractivity contribution is -0.123. The molecule has 26 heavy (non-hydrogen) atoms. The van der Waals surface area contributed by atoms with Crippen LogP contribution < -0.4 is 5.32 Å². The summed E-state index contributed by atoms with van der Waals surface area (Å²) in [6.45, 7) is 5.30. The number of rotatable bonds is 7. The third-order valence-electron chi connectivity index (χ3n) is 5.25. The summed E-state index contributed by atoms with van der Waals surface area (Å²) >= 11 is 0. The Hall–Kier alpha value is -2.20. The topological polar surface area (TPSA) is 45.2 Å². The van der Waals surface area contributed by atoms with Crippen molar-refractivity contribution in [3.05, 3.63) is 66.0 Å². The first-order valence-electron chi connectivity index (χ1n) is 9.67. The second-order valence-electron chi connectivity index (χ2n) is 7.27. The monoisotopic (exact) mass is 351 g/mol. The number of pyridine rings is 1. The van der Waals surface area contributed by atoms with Gasteiger partial charge in [-0.25, -0.2) is 0 Å². The van der Waals surface area contributed by atoms with E-state index >= 15 is 0 Å². The molecule has 0 saturated carbocycles. The van der Waals surface area contributed by atoms with Gasteiger partial charge in [-0.2, -0.15) is 0 Å². The first-order valence-corrected chi connectivity index (χ1v) is 9.67. The van der Waals surface area contributed by atoms with Gasteiger partial charge in [0.25, 0.3) is 0 Å². The molecule has 3 rings (SSSR count). The third kappa shape index (κ3) is 5.67. The second-order valence-corrected chi connectivity index (χ2v) is 7.27. The van der Waals surface area contributed by atoms with Crippen LogP contribution in [0.25, 0.3) is 0 Å². The molecular weight excluding hydrogens is 322 g/mol. The van der Waals surface area contributed by atoms with Crippen LogP contribution in [0, 0.1) is 5.92 Å². The predicted octanol–water partition coefficient (Wildman–Crippen LogP) is 3.60. The van der Waals surface area contributed by atoms with Gasteiger partial charge in [-0.3, -0.25) is 9.78 Å². The quantitative estimate of drug-likeness (QED) is 0.829. The van der Waals surface area contributed by atoms with Crippen LogP contribution in [-0.2, 0) is 11.2 Å². The van der Waals surface area contributed by atoms with Crippen LogP contribution in [0.15, 0.2) is 54.7 Å². The Labute approximate surface area is 156 Å². The molecule has 2 aromatic rings. The van der Waals surface area contributed by atoms with E-state index in [4.69, 9.17) is 0 Å². The molecule has 1 aliphatic rings. The molecule has 4 heteroatoms. The summed E-state index contributed by atoms with van der Waals surface area (Å²) in [6.07, 6.45) is 5.72. The van der Waals surface area contributed by atoms with Crippen molar-refractivity contribution in [2.24, 2.45) is 5.92 Å². The van der Waals surface area contributed by atoms with E-state index in [1.165, 1.54) is 5.56 Å². The fourth-order valence-corrected chi connectivity index (χ4v) is 3.61. The highest BCUT2D eigenvalue weighted by atomic mass is 16.1. The minimum absolute atomic E-state index is 0.0327. The number of nitrogens with zero attached hydrogens (tertiary/aromatic N) is 2. The summed E-state index contributed by atoms with van der Waals surface area (Å²) in [5.41, 5.74) is 2.31. The van der Waals surface area contributed by atoms with Crippen molar-refractivity contribution in [2.45, 2.75) is 38.6 Å². The summed E-state index contributed by atoms with van der Waals surface area (Å²) < 4.78 is 0. The highest BCUT2D eigenvalue weighted by Crippen LogP contribution is 2.21. The number of hydrogen-bond acceptors (Lipinski definition) is 3. The zero-order chi connectivity index (χ0) is 18.2. The Bertz CT molecular complexity index is 666. The van der Waals surface area contributed by atoms with Gasteiger partial charge in [-0.15, -0.1) is 0 Å². The second kappa shape index (κ2) is 9.48. The fourth-order valence-electron chi connectivity index (χ4n) is 3.61. The minimum atomic E-state index is -0.0327. The van der Waals surface area contributed by atoms with Crippen molar-refractivity contribution in [3.63, 3.8) is 0 Å². The van der Waals surface area contributed by atoms with Gasteiger partial charge in [0.2, 0.25) is 5.91 Å². The summed E-state index contributed by atoms with van der Waals surface area (Å²) in [7, 11) is 0. The number of carbonyl (C=O) groups excluding carboxylic acids is 1. The molecule has 1 aliphatic heterocycles. The van der Waals surface area contributed by atoms with Crippen molar-refractivity contribution >= 4 is 5.91 Å². The van der Waals surface area contributed by atoms with Crippen LogP contribution in [0.4, 0.5) is 0 Å². The maximum absolute atomic E-state index is 12.3. The van der Waals surface area contributed by atoms with Crippen molar-refractivity contribution in [3.8, 4) is 0 Å². The molecule has 0 bridgehead atoms. The Morgan fingerprint density at radius 3 is 2.58 bits per heavy atom. The van der Waals surface area contributed by atoms with Crippen LogP contribution >= 0.6 is 0 Å². The van der Waals surface area contributed by atoms with Crippen LogP contribution in [0.1, 0.15) is 43.5 Å². The zero-order valence-corrected chi connectivity index (χ0v) is 15.6. The molecule has 0 radical (unpaired) electrons. The number of hydrogen-bond donors (Lipinski definition) is 1. The van der Waals surface area contributed by atoms with E-state index in [9.17, 15) is 4.79 Å². The van der Waals surface area contributed by atoms with Crippen LogP contribution in [0.5, 0.6) is 0 Å². The van der Waals surface area contributed by atoms with Gasteiger partial charge in [-0.1, -0.05) is 36.4 Å². The Morgan fingerprint density at radius 1 is 1.15 bits per heavy atom. The van der Waals surface area contributed by atoms with Gasteiger partial charge in [0, 0.05) is 19.2 Å². The first-order chi connectivity index (χ1) is 12.7. The Kier molecular flexibility index (Phi) is 6.78. The Balaban J connectivity index is 1.36. The number of amides is 1. The van der Waals surface area contributed by atoms with E-state index in [0.717, 1.165) is 44.6 Å². The summed E-state index contributed by atoms with van der Waals surface area (Å²) in [6, 6.07) is 16.4. The lowest BCUT2D eigenvalue weighted by atomic mass is 9.93. The van der Waals surface area contributed by atoms with Crippen molar-refractivity contribution in [1.82, 2.24) is 15.2 Å². The van der Waals surface area contributed by atoms with Gasteiger partial charge < -0.3 is 10.2 Å². The molecule has 2 heterocycles. The highest BCUT2D eigenvalue weighted by molar-refractivity contribution is 5.76. The molecule has 1 saturated heterocycles. The number of nitrogens with one attached hydrogen (secondary N) is 1. The SMILES string of the molecule is C[C@@H](NC(=O)CC1CCN(CCc2ccccc2)CC1)c1ccccn1. The third-order valence-corrected chi connectivity index (χ3v) is 5.25.